The minimum absolute atomic E-state index is 0.318. The van der Waals surface area contributed by atoms with Gasteiger partial charge in [0, 0.05) is 0 Å². The van der Waals surface area contributed by atoms with Gasteiger partial charge in [0.25, 0.3) is 0 Å². The number of rotatable bonds is 4. The Morgan fingerprint density at radius 1 is 0.900 bits per heavy atom. The van der Waals surface area contributed by atoms with Crippen molar-refractivity contribution in [3.8, 4) is 0 Å². The molecule has 2 nitrogen and oxygen atoms in total. The minimum atomic E-state index is -1.56. The van der Waals surface area contributed by atoms with E-state index in [9.17, 15) is 0 Å². The van der Waals surface area contributed by atoms with Crippen molar-refractivity contribution in [1.82, 2.24) is 0 Å². The van der Waals surface area contributed by atoms with Crippen molar-refractivity contribution in [3.05, 3.63) is 0 Å². The second kappa shape index (κ2) is 5.31. The second-order valence-electron chi connectivity index (χ2n) is 2.82. The summed E-state index contributed by atoms with van der Waals surface area (Å²) in [5.41, 5.74) is 0. The number of hydrogen-bond acceptors (Lipinski definition) is 2. The summed E-state index contributed by atoms with van der Waals surface area (Å²) >= 11 is -1.56. The molecule has 0 aliphatic rings. The molecule has 0 aromatic carbocycles. The van der Waals surface area contributed by atoms with Crippen LogP contribution in [0.1, 0.15) is 27.7 Å². The molecule has 0 radical (unpaired) electrons. The van der Waals surface area contributed by atoms with Crippen LogP contribution in [0, 0.1) is 0 Å². The van der Waals surface area contributed by atoms with E-state index in [2.05, 4.69) is 5.23 Å². The van der Waals surface area contributed by atoms with Crippen LogP contribution < -0.4 is 0 Å². The van der Waals surface area contributed by atoms with Gasteiger partial charge in [0.15, 0.2) is 0 Å². The van der Waals surface area contributed by atoms with Crippen LogP contribution in [0.2, 0.25) is 5.23 Å². The first-order valence-electron chi connectivity index (χ1n) is 3.69. The van der Waals surface area contributed by atoms with E-state index < -0.39 is 18.6 Å². The fourth-order valence-electron chi connectivity index (χ4n) is 0.692. The maximum absolute atomic E-state index is 5.51. The van der Waals surface area contributed by atoms with Gasteiger partial charge in [-0.15, -0.1) is 0 Å². The Labute approximate surface area is 70.7 Å². The molecule has 0 saturated carbocycles. The van der Waals surface area contributed by atoms with Crippen molar-refractivity contribution >= 4 is 0 Å². The van der Waals surface area contributed by atoms with Gasteiger partial charge in [-0.3, -0.25) is 0 Å². The summed E-state index contributed by atoms with van der Waals surface area (Å²) in [6.45, 7) is 8.17. The van der Waals surface area contributed by atoms with Crippen LogP contribution in [-0.2, 0) is 25.3 Å². The first kappa shape index (κ1) is 10.6. The average Bonchev–Trinajstić information content (AvgIpc) is 1.58. The Balaban J connectivity index is 3.34. The van der Waals surface area contributed by atoms with E-state index in [1.54, 1.807) is 0 Å². The summed E-state index contributed by atoms with van der Waals surface area (Å²) in [6, 6.07) is 0. The average molecular weight is 181 g/mol. The zero-order chi connectivity index (χ0) is 8.15. The Morgan fingerprint density at radius 2 is 1.20 bits per heavy atom. The van der Waals surface area contributed by atoms with E-state index in [-0.39, 0.29) is 0 Å². The van der Waals surface area contributed by atoms with Crippen LogP contribution in [0.15, 0.2) is 0 Å². The molecular weight excluding hydrogens is 164 g/mol. The number of hydrogen-bond donors (Lipinski definition) is 0. The van der Waals surface area contributed by atoms with E-state index in [0.717, 1.165) is 0 Å². The second-order valence-corrected chi connectivity index (χ2v) is 5.10. The molecular formula is C7H17O2Ti. The zero-order valence-corrected chi connectivity index (χ0v) is 9.03. The quantitative estimate of drug-likeness (QED) is 0.619. The molecule has 0 saturated heterocycles. The first-order valence-corrected chi connectivity index (χ1v) is 6.53. The third-order valence-corrected chi connectivity index (χ3v) is 3.31. The molecule has 0 spiro atoms. The fourth-order valence-corrected chi connectivity index (χ4v) is 2.85. The topological polar surface area (TPSA) is 18.5 Å². The maximum atomic E-state index is 5.51. The molecule has 61 valence electrons. The van der Waals surface area contributed by atoms with Crippen LogP contribution in [0.5, 0.6) is 0 Å². The van der Waals surface area contributed by atoms with Crippen LogP contribution in [0.4, 0.5) is 0 Å². The third kappa shape index (κ3) is 6.75. The summed E-state index contributed by atoms with van der Waals surface area (Å²) in [5, 5.41) is 2.08. The Morgan fingerprint density at radius 3 is 1.40 bits per heavy atom. The molecule has 0 aliphatic heterocycles. The Hall–Kier alpha value is 0.634. The Kier molecular flexibility index (Phi) is 5.64. The van der Waals surface area contributed by atoms with E-state index in [0.29, 0.717) is 12.2 Å². The summed E-state index contributed by atoms with van der Waals surface area (Å²) in [6.07, 6.45) is 0.637. The molecule has 0 heterocycles. The normalized spacial score (nSPS) is 11.1. The predicted octanol–water partition coefficient (Wildman–Crippen LogP) is 2.33. The van der Waals surface area contributed by atoms with Crippen molar-refractivity contribution in [3.63, 3.8) is 0 Å². The van der Waals surface area contributed by atoms with Crippen molar-refractivity contribution in [2.24, 2.45) is 0 Å². The van der Waals surface area contributed by atoms with Gasteiger partial charge >= 0.3 is 70.4 Å². The van der Waals surface area contributed by atoms with Gasteiger partial charge < -0.3 is 0 Å². The molecule has 0 fully saturated rings. The standard InChI is InChI=1S/2C3H7O.CH3.Ti/c2*1-3(2)4;;/h2*3H,1-2H3;1H3;/q2*-1;;+2. The molecule has 0 amide bonds. The summed E-state index contributed by atoms with van der Waals surface area (Å²) in [5.74, 6) is 0. The van der Waals surface area contributed by atoms with Crippen LogP contribution in [0.3, 0.4) is 0 Å². The van der Waals surface area contributed by atoms with E-state index in [1.807, 2.05) is 27.7 Å². The van der Waals surface area contributed by atoms with E-state index in [1.165, 1.54) is 0 Å². The third-order valence-electron chi connectivity index (χ3n) is 0.803. The summed E-state index contributed by atoms with van der Waals surface area (Å²) < 4.78 is 11.0. The molecule has 0 aromatic rings. The first-order chi connectivity index (χ1) is 4.52. The monoisotopic (exact) mass is 181 g/mol. The summed E-state index contributed by atoms with van der Waals surface area (Å²) in [7, 11) is 0. The molecule has 0 rings (SSSR count). The predicted molar refractivity (Wildman–Crippen MR) is 38.3 cm³/mol. The molecule has 0 unspecified atom stereocenters. The SMILES string of the molecule is CC(C)[O][Ti]([CH3])[O]C(C)C. The van der Waals surface area contributed by atoms with Crippen molar-refractivity contribution in [1.29, 1.82) is 0 Å². The van der Waals surface area contributed by atoms with E-state index in [4.69, 9.17) is 6.64 Å². The van der Waals surface area contributed by atoms with Gasteiger partial charge in [0.05, 0.1) is 0 Å². The van der Waals surface area contributed by atoms with Crippen LogP contribution >= 0.6 is 0 Å². The van der Waals surface area contributed by atoms with Gasteiger partial charge in [-0.05, 0) is 0 Å². The van der Waals surface area contributed by atoms with Gasteiger partial charge in [0.2, 0.25) is 0 Å². The Bertz CT molecular complexity index is 73.7. The van der Waals surface area contributed by atoms with Gasteiger partial charge in [-0.2, -0.15) is 0 Å². The summed E-state index contributed by atoms with van der Waals surface area (Å²) in [4.78, 5) is 0. The van der Waals surface area contributed by atoms with Crippen molar-refractivity contribution in [2.75, 3.05) is 0 Å². The van der Waals surface area contributed by atoms with Crippen LogP contribution in [0.25, 0.3) is 0 Å². The van der Waals surface area contributed by atoms with Crippen LogP contribution in [-0.4, -0.2) is 12.2 Å². The molecule has 0 aromatic heterocycles. The zero-order valence-electron chi connectivity index (χ0n) is 7.47. The molecule has 0 atom stereocenters. The van der Waals surface area contributed by atoms with Gasteiger partial charge in [-0.25, -0.2) is 0 Å². The van der Waals surface area contributed by atoms with Gasteiger partial charge in [0.1, 0.15) is 0 Å². The molecule has 0 bridgehead atoms. The fraction of sp³-hybridized carbons (Fsp3) is 1.00. The van der Waals surface area contributed by atoms with Gasteiger partial charge in [-0.1, -0.05) is 0 Å². The molecule has 0 N–H and O–H groups in total. The van der Waals surface area contributed by atoms with Crippen molar-refractivity contribution < 1.29 is 25.3 Å². The van der Waals surface area contributed by atoms with Crippen molar-refractivity contribution in [2.45, 2.75) is 45.1 Å². The molecule has 10 heavy (non-hydrogen) atoms. The van der Waals surface area contributed by atoms with E-state index >= 15 is 0 Å². The molecule has 0 aliphatic carbocycles. The molecule has 3 heteroatoms.